The molecule has 0 unspecified atom stereocenters. The number of aromatic nitrogens is 3. The molecule has 0 radical (unpaired) electrons. The van der Waals surface area contributed by atoms with E-state index in [-0.39, 0.29) is 12.5 Å². The normalized spacial score (nSPS) is 20.7. The number of aryl methyl sites for hydroxylation is 1. The predicted molar refractivity (Wildman–Crippen MR) is 86.2 cm³/mol. The Morgan fingerprint density at radius 2 is 2.26 bits per heavy atom. The van der Waals surface area contributed by atoms with Crippen LogP contribution in [0, 0.1) is 0 Å². The summed E-state index contributed by atoms with van der Waals surface area (Å²) < 4.78 is 1.73. The van der Waals surface area contributed by atoms with Gasteiger partial charge in [0.25, 0.3) is 5.91 Å². The number of hydrogen-bond acceptors (Lipinski definition) is 5. The van der Waals surface area contributed by atoms with E-state index in [9.17, 15) is 9.90 Å². The van der Waals surface area contributed by atoms with Crippen molar-refractivity contribution in [1.82, 2.24) is 19.4 Å². The first kappa shape index (κ1) is 15.5. The zero-order chi connectivity index (χ0) is 16.4. The van der Waals surface area contributed by atoms with Gasteiger partial charge in [-0.2, -0.15) is 0 Å². The van der Waals surface area contributed by atoms with Crippen LogP contribution in [-0.2, 0) is 7.05 Å². The maximum absolute atomic E-state index is 12.4. The number of pyridine rings is 1. The van der Waals surface area contributed by atoms with Gasteiger partial charge in [0.15, 0.2) is 0 Å². The number of hydrogen-bond donors (Lipinski definition) is 1. The van der Waals surface area contributed by atoms with E-state index in [1.54, 1.807) is 30.3 Å². The van der Waals surface area contributed by atoms with Gasteiger partial charge in [-0.05, 0) is 18.6 Å². The first-order chi connectivity index (χ1) is 11.0. The van der Waals surface area contributed by atoms with Crippen LogP contribution < -0.4 is 4.90 Å². The molecule has 1 N–H and O–H groups in total. The molecule has 1 fully saturated rings. The highest BCUT2D eigenvalue weighted by Gasteiger charge is 2.38. The van der Waals surface area contributed by atoms with Crippen LogP contribution in [0.3, 0.4) is 0 Å². The molecule has 1 aliphatic rings. The average Bonchev–Trinajstić information content (AvgIpc) is 3.14. The largest absolute Gasteiger partial charge is 0.386 e. The molecule has 7 nitrogen and oxygen atoms in total. The van der Waals surface area contributed by atoms with Crippen molar-refractivity contribution in [2.45, 2.75) is 12.0 Å². The van der Waals surface area contributed by atoms with E-state index in [1.165, 1.54) is 4.90 Å². The molecular weight excluding hydrogens is 294 g/mol. The van der Waals surface area contributed by atoms with Crippen LogP contribution in [0.1, 0.15) is 16.9 Å². The van der Waals surface area contributed by atoms with Crippen molar-refractivity contribution >= 4 is 11.7 Å². The standard InChI is InChI=1S/C16H21N5O2/c1-19-9-13(18-12-19)15(22)20(2)10-16(23)6-8-21(11-16)14-5-3-4-7-17-14/h3-5,7,9,12,23H,6,8,10-11H2,1-2H3/t16-/m1/s1. The molecular formula is C16H21N5O2. The minimum atomic E-state index is -0.934. The average molecular weight is 315 g/mol. The molecule has 0 saturated carbocycles. The number of nitrogens with zero attached hydrogens (tertiary/aromatic N) is 5. The fourth-order valence-corrected chi connectivity index (χ4v) is 2.95. The highest BCUT2D eigenvalue weighted by molar-refractivity contribution is 5.91. The van der Waals surface area contributed by atoms with E-state index in [2.05, 4.69) is 9.97 Å². The number of likely N-dealkylation sites (N-methyl/N-ethyl adjacent to an activating group) is 1. The van der Waals surface area contributed by atoms with Crippen LogP contribution in [0.25, 0.3) is 0 Å². The summed E-state index contributed by atoms with van der Waals surface area (Å²) in [5.74, 6) is 0.664. The van der Waals surface area contributed by atoms with Gasteiger partial charge in [-0.25, -0.2) is 9.97 Å². The fourth-order valence-electron chi connectivity index (χ4n) is 2.95. The Bertz CT molecular complexity index is 687. The van der Waals surface area contributed by atoms with E-state index < -0.39 is 5.60 Å². The van der Waals surface area contributed by atoms with Crippen molar-refractivity contribution in [3.05, 3.63) is 42.6 Å². The van der Waals surface area contributed by atoms with Crippen molar-refractivity contribution < 1.29 is 9.90 Å². The molecule has 0 aliphatic carbocycles. The van der Waals surface area contributed by atoms with Gasteiger partial charge >= 0.3 is 0 Å². The number of imidazole rings is 1. The Balaban J connectivity index is 1.64. The third-order valence-electron chi connectivity index (χ3n) is 4.11. The Morgan fingerprint density at radius 1 is 1.43 bits per heavy atom. The lowest BCUT2D eigenvalue weighted by Gasteiger charge is -2.28. The molecule has 1 amide bonds. The molecule has 3 heterocycles. The summed E-state index contributed by atoms with van der Waals surface area (Å²) in [5.41, 5.74) is -0.547. The van der Waals surface area contributed by atoms with Gasteiger partial charge in [-0.15, -0.1) is 0 Å². The van der Waals surface area contributed by atoms with E-state index >= 15 is 0 Å². The lowest BCUT2D eigenvalue weighted by molar-refractivity contribution is 0.0262. The van der Waals surface area contributed by atoms with Gasteiger partial charge in [0, 0.05) is 39.6 Å². The van der Waals surface area contributed by atoms with E-state index in [1.807, 2.05) is 30.1 Å². The van der Waals surface area contributed by atoms with Crippen molar-refractivity contribution in [3.63, 3.8) is 0 Å². The van der Waals surface area contributed by atoms with Crippen molar-refractivity contribution in [2.75, 3.05) is 31.6 Å². The van der Waals surface area contributed by atoms with Gasteiger partial charge in [0.1, 0.15) is 17.1 Å². The second kappa shape index (κ2) is 6.00. The van der Waals surface area contributed by atoms with Gasteiger partial charge in [0.2, 0.25) is 0 Å². The summed E-state index contributed by atoms with van der Waals surface area (Å²) in [6.45, 7) is 1.45. The van der Waals surface area contributed by atoms with E-state index in [0.29, 0.717) is 18.7 Å². The quantitative estimate of drug-likeness (QED) is 0.891. The number of carbonyl (C=O) groups excluding carboxylic acids is 1. The summed E-state index contributed by atoms with van der Waals surface area (Å²) in [4.78, 5) is 24.3. The monoisotopic (exact) mass is 315 g/mol. The third-order valence-corrected chi connectivity index (χ3v) is 4.11. The zero-order valence-electron chi connectivity index (χ0n) is 13.4. The molecule has 122 valence electrons. The van der Waals surface area contributed by atoms with Crippen LogP contribution in [0.5, 0.6) is 0 Å². The Morgan fingerprint density at radius 3 is 2.91 bits per heavy atom. The maximum Gasteiger partial charge on any atom is 0.273 e. The summed E-state index contributed by atoms with van der Waals surface area (Å²) in [6.07, 6.45) is 5.61. The molecule has 7 heteroatoms. The lowest BCUT2D eigenvalue weighted by atomic mass is 10.0. The molecule has 2 aromatic rings. The molecule has 3 rings (SSSR count). The van der Waals surface area contributed by atoms with Crippen LogP contribution in [0.15, 0.2) is 36.9 Å². The molecule has 0 spiro atoms. The Labute approximate surface area is 135 Å². The van der Waals surface area contributed by atoms with Gasteiger partial charge in [-0.1, -0.05) is 6.07 Å². The second-order valence-electron chi connectivity index (χ2n) is 6.17. The predicted octanol–water partition coefficient (Wildman–Crippen LogP) is 0.528. The van der Waals surface area contributed by atoms with Gasteiger partial charge in [0.05, 0.1) is 12.9 Å². The highest BCUT2D eigenvalue weighted by Crippen LogP contribution is 2.26. The topological polar surface area (TPSA) is 74.5 Å². The minimum Gasteiger partial charge on any atom is -0.386 e. The van der Waals surface area contributed by atoms with Crippen LogP contribution in [-0.4, -0.2) is 62.7 Å². The van der Waals surface area contributed by atoms with Gasteiger partial charge in [-0.3, -0.25) is 4.79 Å². The van der Waals surface area contributed by atoms with Crippen LogP contribution >= 0.6 is 0 Å². The molecule has 1 saturated heterocycles. The third kappa shape index (κ3) is 3.34. The Kier molecular flexibility index (Phi) is 4.04. The Hall–Kier alpha value is -2.41. The summed E-state index contributed by atoms with van der Waals surface area (Å²) in [5, 5.41) is 10.8. The van der Waals surface area contributed by atoms with Crippen LogP contribution in [0.2, 0.25) is 0 Å². The summed E-state index contributed by atoms with van der Waals surface area (Å²) in [6, 6.07) is 5.72. The molecule has 0 aromatic carbocycles. The number of aliphatic hydroxyl groups is 1. The number of rotatable bonds is 4. The maximum atomic E-state index is 12.4. The summed E-state index contributed by atoms with van der Waals surface area (Å²) >= 11 is 0. The number of anilines is 1. The second-order valence-corrected chi connectivity index (χ2v) is 6.17. The zero-order valence-corrected chi connectivity index (χ0v) is 13.4. The van der Waals surface area contributed by atoms with Crippen molar-refractivity contribution in [3.8, 4) is 0 Å². The van der Waals surface area contributed by atoms with Crippen molar-refractivity contribution in [1.29, 1.82) is 0 Å². The highest BCUT2D eigenvalue weighted by atomic mass is 16.3. The fraction of sp³-hybridized carbons (Fsp3) is 0.438. The summed E-state index contributed by atoms with van der Waals surface area (Å²) in [7, 11) is 3.51. The smallest absolute Gasteiger partial charge is 0.273 e. The first-order valence-corrected chi connectivity index (χ1v) is 7.59. The van der Waals surface area contributed by atoms with E-state index in [0.717, 1.165) is 12.4 Å². The lowest BCUT2D eigenvalue weighted by Crippen LogP contribution is -2.46. The SMILES string of the molecule is CN(C[C@]1(O)CCN(c2ccccn2)C1)C(=O)c1cn(C)cn1. The molecule has 23 heavy (non-hydrogen) atoms. The number of carbonyl (C=O) groups is 1. The van der Waals surface area contributed by atoms with Crippen molar-refractivity contribution in [2.24, 2.45) is 7.05 Å². The minimum absolute atomic E-state index is 0.185. The van der Waals surface area contributed by atoms with Crippen LogP contribution in [0.4, 0.5) is 5.82 Å². The van der Waals surface area contributed by atoms with E-state index in [4.69, 9.17) is 0 Å². The molecule has 2 aromatic heterocycles. The molecule has 1 atom stereocenters. The van der Waals surface area contributed by atoms with Gasteiger partial charge < -0.3 is 19.5 Å². The number of β-amino-alcohol motifs (C(OH)–C–C–N with tert-alkyl or cyclic N) is 1. The first-order valence-electron chi connectivity index (χ1n) is 7.59. The molecule has 0 bridgehead atoms. The molecule has 1 aliphatic heterocycles. The number of amides is 1.